The molecule has 0 heterocycles. The van der Waals surface area contributed by atoms with Gasteiger partial charge in [-0.05, 0) is 0 Å². The van der Waals surface area contributed by atoms with Gasteiger partial charge in [0.15, 0.2) is 0 Å². The first-order valence-electron chi connectivity index (χ1n) is 5.45. The minimum atomic E-state index is -3.68. The second-order valence-corrected chi connectivity index (χ2v) is 5.21. The van der Waals surface area contributed by atoms with Crippen LogP contribution in [0.15, 0.2) is 0 Å². The molecule has 0 spiro atoms. The zero-order chi connectivity index (χ0) is 16.3. The average molecular weight is 579 g/mol. The number of amides is 1. The van der Waals surface area contributed by atoms with E-state index in [1.807, 2.05) is 0 Å². The van der Waals surface area contributed by atoms with Crippen LogP contribution >= 0.6 is 0 Å². The molecule has 1 radical (unpaired) electrons. The molecular weight excluding hydrogens is 561 g/mol. The molecule has 22 heavy (non-hydrogen) atoms. The molecule has 0 aromatic carbocycles. The van der Waals surface area contributed by atoms with E-state index >= 15 is 0 Å². The van der Waals surface area contributed by atoms with Gasteiger partial charge in [0.2, 0.25) is 5.91 Å². The summed E-state index contributed by atoms with van der Waals surface area (Å²) in [6, 6.07) is -2.37. The van der Waals surface area contributed by atoms with Crippen molar-refractivity contribution in [1.29, 1.82) is 0 Å². The molecule has 125 valence electrons. The Morgan fingerprint density at radius 2 is 1.73 bits per heavy atom. The molecule has 0 bridgehead atoms. The molecule has 0 aliphatic rings. The molecule has 2 N–H and O–H groups in total. The fourth-order valence-corrected chi connectivity index (χ4v) is 1.65. The Hall–Kier alpha value is 0.312. The van der Waals surface area contributed by atoms with Crippen molar-refractivity contribution >= 4 is 28.2 Å². The van der Waals surface area contributed by atoms with Gasteiger partial charge in [-0.1, -0.05) is 6.04 Å². The van der Waals surface area contributed by atoms with Gasteiger partial charge in [-0.3, -0.25) is 15.9 Å². The van der Waals surface area contributed by atoms with E-state index in [-0.39, 0.29) is 66.6 Å². The molecule has 0 fully saturated rings. The van der Waals surface area contributed by atoms with E-state index < -0.39 is 34.0 Å². The standard InChI is InChI=1S/C9H15N2O5S.C2H3O.W.Y/c1-4-6(11-17(3,15)16)8(12)10-7(5-2)9(13)14;1-2-3;;/h6-7H,1-2,4-5H2,3H3,(H,10,12)(H,13,14);1H3;;/q-3;-1;+2;/t6-,7-;;;/m0.../s1. The minimum absolute atomic E-state index is 0. The van der Waals surface area contributed by atoms with Crippen molar-refractivity contribution in [3.05, 3.63) is 18.6 Å². The van der Waals surface area contributed by atoms with Crippen LogP contribution in [-0.4, -0.2) is 50.0 Å². The van der Waals surface area contributed by atoms with Crippen molar-refractivity contribution in [3.8, 4) is 0 Å². The molecule has 0 aromatic rings. The number of carbonyl (C=O) groups is 2. The summed E-state index contributed by atoms with van der Waals surface area (Å²) < 4.78 is 25.0. The first kappa shape index (κ1) is 30.2. The quantitative estimate of drug-likeness (QED) is 0.403. The van der Waals surface area contributed by atoms with Crippen molar-refractivity contribution < 1.29 is 81.7 Å². The van der Waals surface area contributed by atoms with Crippen molar-refractivity contribution in [2.45, 2.75) is 31.8 Å². The second kappa shape index (κ2) is 16.2. The summed E-state index contributed by atoms with van der Waals surface area (Å²) in [5.41, 5.74) is 0. The van der Waals surface area contributed by atoms with Crippen molar-refractivity contribution in [2.75, 3.05) is 6.26 Å². The largest absolute Gasteiger partial charge is 2.00 e. The maximum atomic E-state index is 11.5. The summed E-state index contributed by atoms with van der Waals surface area (Å²) in [5, 5.41) is 10.8. The molecule has 0 saturated heterocycles. The van der Waals surface area contributed by atoms with E-state index in [1.165, 1.54) is 13.2 Å². The molecule has 0 aliphatic heterocycles. The van der Waals surface area contributed by atoms with Gasteiger partial charge in [-0.15, -0.1) is 0 Å². The SMILES string of the molecule is C[C-]=O.[CH2-]C[C@H]([N-]S(C)(=O)=O)C(=O)N[C@@H](C[CH2-])C(=O)O.[W+2].[Y]. The van der Waals surface area contributed by atoms with Crippen LogP contribution in [0.25, 0.3) is 4.72 Å². The molecule has 1 amide bonds. The number of carbonyl (C=O) groups excluding carboxylic acids is 2. The van der Waals surface area contributed by atoms with E-state index in [0.29, 0.717) is 0 Å². The number of hydrogen-bond donors (Lipinski definition) is 2. The molecular formula is C11H18N2O6SWY-2. The molecule has 0 saturated carbocycles. The van der Waals surface area contributed by atoms with Crippen LogP contribution in [0.4, 0.5) is 0 Å². The van der Waals surface area contributed by atoms with Gasteiger partial charge in [0.05, 0.1) is 16.1 Å². The van der Waals surface area contributed by atoms with Gasteiger partial charge in [0.1, 0.15) is 0 Å². The number of hydrogen-bond acceptors (Lipinski definition) is 5. The van der Waals surface area contributed by atoms with Gasteiger partial charge in [0.25, 0.3) is 0 Å². The average Bonchev–Trinajstić information content (AvgIpc) is 2.32. The van der Waals surface area contributed by atoms with Crippen molar-refractivity contribution in [1.82, 2.24) is 5.32 Å². The summed E-state index contributed by atoms with van der Waals surface area (Å²) >= 11 is 0. The monoisotopic (exact) mass is 579 g/mol. The third-order valence-electron chi connectivity index (χ3n) is 1.80. The number of carboxylic acids is 1. The Kier molecular flexibility index (Phi) is 22.2. The molecule has 0 aromatic heterocycles. The Labute approximate surface area is 170 Å². The van der Waals surface area contributed by atoms with Gasteiger partial charge >= 0.3 is 27.0 Å². The summed E-state index contributed by atoms with van der Waals surface area (Å²) in [6.07, 6.45) is 2.21. The number of nitrogens with one attached hydrogen (secondary N) is 1. The molecule has 11 heteroatoms. The Morgan fingerprint density at radius 1 is 1.32 bits per heavy atom. The molecule has 2 atom stereocenters. The summed E-state index contributed by atoms with van der Waals surface area (Å²) in [7, 11) is -3.68. The third kappa shape index (κ3) is 16.7. The van der Waals surface area contributed by atoms with Crippen LogP contribution in [0.3, 0.4) is 0 Å². The molecule has 0 aliphatic carbocycles. The first-order valence-corrected chi connectivity index (χ1v) is 7.30. The zero-order valence-corrected chi connectivity index (χ0v) is 18.9. The van der Waals surface area contributed by atoms with Crippen LogP contribution in [0.2, 0.25) is 0 Å². The van der Waals surface area contributed by atoms with E-state index in [2.05, 4.69) is 23.9 Å². The predicted molar refractivity (Wildman–Crippen MR) is 72.9 cm³/mol. The summed E-state index contributed by atoms with van der Waals surface area (Å²) in [6.45, 7) is 8.07. The van der Waals surface area contributed by atoms with Crippen LogP contribution < -0.4 is 5.32 Å². The van der Waals surface area contributed by atoms with E-state index in [4.69, 9.17) is 9.90 Å². The van der Waals surface area contributed by atoms with Crippen LogP contribution in [0.5, 0.6) is 0 Å². The van der Waals surface area contributed by atoms with Gasteiger partial charge in [-0.25, -0.2) is 8.42 Å². The number of carboxylic acid groups (broad SMARTS) is 1. The van der Waals surface area contributed by atoms with E-state index in [0.717, 1.165) is 6.26 Å². The fourth-order valence-electron chi connectivity index (χ4n) is 0.988. The normalized spacial score (nSPS) is 12.2. The molecule has 8 nitrogen and oxygen atoms in total. The van der Waals surface area contributed by atoms with Crippen LogP contribution in [-0.2, 0) is 78.2 Å². The third-order valence-corrected chi connectivity index (χ3v) is 2.44. The maximum Gasteiger partial charge on any atom is 2.00 e. The minimum Gasteiger partial charge on any atom is -0.542 e. The van der Waals surface area contributed by atoms with Crippen molar-refractivity contribution in [2.24, 2.45) is 0 Å². The summed E-state index contributed by atoms with van der Waals surface area (Å²) in [5.74, 6) is -2.03. The number of rotatable bonds is 7. The second-order valence-electron chi connectivity index (χ2n) is 3.54. The van der Waals surface area contributed by atoms with E-state index in [1.54, 1.807) is 0 Å². The van der Waals surface area contributed by atoms with Crippen LogP contribution in [0, 0.1) is 13.8 Å². The fraction of sp³-hybridized carbons (Fsp3) is 0.545. The number of nitrogens with zero attached hydrogens (tertiary/aromatic N) is 1. The van der Waals surface area contributed by atoms with E-state index in [9.17, 15) is 18.0 Å². The van der Waals surface area contributed by atoms with Gasteiger partial charge in [0, 0.05) is 39.0 Å². The summed E-state index contributed by atoms with van der Waals surface area (Å²) in [4.78, 5) is 30.8. The Balaban J connectivity index is -0.000000297. The van der Waals surface area contributed by atoms with Gasteiger partial charge in [-0.2, -0.15) is 19.8 Å². The maximum absolute atomic E-state index is 11.5. The Bertz CT molecular complexity index is 432. The number of sulfonamides is 1. The van der Waals surface area contributed by atoms with Crippen molar-refractivity contribution in [3.63, 3.8) is 0 Å². The molecule has 0 rings (SSSR count). The zero-order valence-electron chi connectivity index (χ0n) is 12.3. The predicted octanol–water partition coefficient (Wildman–Crippen LogP) is -0.183. The topological polar surface area (TPSA) is 132 Å². The Morgan fingerprint density at radius 3 is 1.95 bits per heavy atom. The van der Waals surface area contributed by atoms with Crippen LogP contribution in [0.1, 0.15) is 19.8 Å². The first-order chi connectivity index (χ1) is 9.12. The smallest absolute Gasteiger partial charge is 0.542 e. The van der Waals surface area contributed by atoms with Gasteiger partial charge < -0.3 is 33.8 Å². The number of aliphatic carboxylic acids is 1. The molecule has 0 unspecified atom stereocenters.